The van der Waals surface area contributed by atoms with Gasteiger partial charge in [-0.2, -0.15) is 0 Å². The molecule has 0 saturated carbocycles. The lowest BCUT2D eigenvalue weighted by Crippen LogP contribution is -2.17. The summed E-state index contributed by atoms with van der Waals surface area (Å²) >= 11 is 0. The van der Waals surface area contributed by atoms with Crippen LogP contribution < -0.4 is 5.32 Å². The molecule has 0 radical (unpaired) electrons. The number of carbonyl (C=O) groups is 1. The third-order valence-corrected chi connectivity index (χ3v) is 3.30. The molecule has 0 spiro atoms. The summed E-state index contributed by atoms with van der Waals surface area (Å²) in [4.78, 5) is 11.8. The second-order valence-electron chi connectivity index (χ2n) is 5.20. The number of benzene rings is 2. The SMILES string of the molecule is C/C(=C/C(=O)OCc1ccccc1)N[C@H](C)c1ccccc1. The van der Waals surface area contributed by atoms with Crippen molar-refractivity contribution in [2.45, 2.75) is 26.5 Å². The summed E-state index contributed by atoms with van der Waals surface area (Å²) in [5.41, 5.74) is 2.94. The first-order chi connectivity index (χ1) is 10.6. The molecule has 0 aromatic heterocycles. The van der Waals surface area contributed by atoms with Crippen molar-refractivity contribution in [2.75, 3.05) is 0 Å². The van der Waals surface area contributed by atoms with Crippen molar-refractivity contribution in [2.24, 2.45) is 0 Å². The van der Waals surface area contributed by atoms with Crippen molar-refractivity contribution < 1.29 is 9.53 Å². The molecule has 0 aliphatic carbocycles. The molecule has 1 atom stereocenters. The average molecular weight is 295 g/mol. The molecule has 2 rings (SSSR count). The summed E-state index contributed by atoms with van der Waals surface area (Å²) in [5.74, 6) is -0.339. The van der Waals surface area contributed by atoms with Gasteiger partial charge in [-0.1, -0.05) is 60.7 Å². The molecule has 22 heavy (non-hydrogen) atoms. The average Bonchev–Trinajstić information content (AvgIpc) is 2.54. The Morgan fingerprint density at radius 1 is 1.09 bits per heavy atom. The maximum Gasteiger partial charge on any atom is 0.332 e. The third kappa shape index (κ3) is 5.09. The second-order valence-corrected chi connectivity index (χ2v) is 5.20. The summed E-state index contributed by atoms with van der Waals surface area (Å²) < 4.78 is 5.23. The van der Waals surface area contributed by atoms with Gasteiger partial charge in [0.05, 0.1) is 0 Å². The standard InChI is InChI=1S/C19H21NO2/c1-15(20-16(2)18-11-7-4-8-12-18)13-19(21)22-14-17-9-5-3-6-10-17/h3-13,16,20H,14H2,1-2H3/b15-13-/t16-/m1/s1. The van der Waals surface area contributed by atoms with Crippen LogP contribution in [0.1, 0.15) is 31.0 Å². The zero-order valence-corrected chi connectivity index (χ0v) is 13.0. The van der Waals surface area contributed by atoms with E-state index >= 15 is 0 Å². The molecule has 2 aromatic carbocycles. The van der Waals surface area contributed by atoms with Crippen LogP contribution in [0.5, 0.6) is 0 Å². The highest BCUT2D eigenvalue weighted by atomic mass is 16.5. The van der Waals surface area contributed by atoms with Crippen molar-refractivity contribution >= 4 is 5.97 Å². The maximum absolute atomic E-state index is 11.8. The topological polar surface area (TPSA) is 38.3 Å². The molecule has 0 saturated heterocycles. The maximum atomic E-state index is 11.8. The summed E-state index contributed by atoms with van der Waals surface area (Å²) in [6, 6.07) is 19.9. The van der Waals surface area contributed by atoms with Crippen molar-refractivity contribution in [3.8, 4) is 0 Å². The Bertz CT molecular complexity index is 620. The van der Waals surface area contributed by atoms with Crippen LogP contribution in [-0.2, 0) is 16.1 Å². The van der Waals surface area contributed by atoms with E-state index in [-0.39, 0.29) is 18.6 Å². The highest BCUT2D eigenvalue weighted by molar-refractivity contribution is 5.82. The molecule has 0 aliphatic rings. The highest BCUT2D eigenvalue weighted by Gasteiger charge is 2.06. The molecule has 0 fully saturated rings. The summed E-state index contributed by atoms with van der Waals surface area (Å²) in [7, 11) is 0. The molecular weight excluding hydrogens is 274 g/mol. The van der Waals surface area contributed by atoms with Gasteiger partial charge >= 0.3 is 5.97 Å². The van der Waals surface area contributed by atoms with Crippen LogP contribution in [0.2, 0.25) is 0 Å². The van der Waals surface area contributed by atoms with Crippen LogP contribution >= 0.6 is 0 Å². The molecule has 114 valence electrons. The molecule has 0 aliphatic heterocycles. The van der Waals surface area contributed by atoms with E-state index in [0.29, 0.717) is 0 Å². The smallest absolute Gasteiger partial charge is 0.332 e. The Labute approximate surface area is 131 Å². The normalized spacial score (nSPS) is 12.5. The van der Waals surface area contributed by atoms with Crippen molar-refractivity contribution in [3.63, 3.8) is 0 Å². The van der Waals surface area contributed by atoms with Gasteiger partial charge < -0.3 is 10.1 Å². The predicted octanol–water partition coefficient (Wildman–Crippen LogP) is 3.98. The van der Waals surface area contributed by atoms with E-state index in [1.54, 1.807) is 0 Å². The largest absolute Gasteiger partial charge is 0.458 e. The van der Waals surface area contributed by atoms with Gasteiger partial charge in [-0.25, -0.2) is 4.79 Å². The number of esters is 1. The molecule has 2 aromatic rings. The van der Waals surface area contributed by atoms with Gasteiger partial charge in [-0.3, -0.25) is 0 Å². The van der Waals surface area contributed by atoms with Gasteiger partial charge in [0, 0.05) is 17.8 Å². The first-order valence-electron chi connectivity index (χ1n) is 7.35. The second kappa shape index (κ2) is 8.03. The van der Waals surface area contributed by atoms with Gasteiger partial charge in [0.2, 0.25) is 0 Å². The lowest BCUT2D eigenvalue weighted by Gasteiger charge is -2.15. The minimum Gasteiger partial charge on any atom is -0.458 e. The molecule has 0 heterocycles. The zero-order chi connectivity index (χ0) is 15.8. The van der Waals surface area contributed by atoms with Gasteiger partial charge in [-0.15, -0.1) is 0 Å². The van der Waals surface area contributed by atoms with Crippen molar-refractivity contribution in [3.05, 3.63) is 83.6 Å². The highest BCUT2D eigenvalue weighted by Crippen LogP contribution is 2.12. The number of allylic oxidation sites excluding steroid dienone is 1. The zero-order valence-electron chi connectivity index (χ0n) is 13.0. The van der Waals surface area contributed by atoms with E-state index in [4.69, 9.17) is 4.74 Å². The Hall–Kier alpha value is -2.55. The first-order valence-corrected chi connectivity index (χ1v) is 7.35. The number of nitrogens with one attached hydrogen (secondary N) is 1. The first kappa shape index (κ1) is 15.8. The summed E-state index contributed by atoms with van der Waals surface area (Å²) in [5, 5.41) is 3.29. The summed E-state index contributed by atoms with van der Waals surface area (Å²) in [6.45, 7) is 4.21. The minimum absolute atomic E-state index is 0.138. The fourth-order valence-corrected chi connectivity index (χ4v) is 2.16. The van der Waals surface area contributed by atoms with Crippen LogP contribution in [0.4, 0.5) is 0 Å². The molecular formula is C19H21NO2. The summed E-state index contributed by atoms with van der Waals surface area (Å²) in [6.07, 6.45) is 1.49. The molecule has 0 bridgehead atoms. The number of hydrogen-bond donors (Lipinski definition) is 1. The van der Waals surface area contributed by atoms with Crippen LogP contribution in [0.15, 0.2) is 72.4 Å². The number of rotatable bonds is 6. The van der Waals surface area contributed by atoms with Crippen LogP contribution in [0.3, 0.4) is 0 Å². The van der Waals surface area contributed by atoms with Crippen LogP contribution in [0, 0.1) is 0 Å². The monoisotopic (exact) mass is 295 g/mol. The van der Waals surface area contributed by atoms with E-state index in [1.807, 2.05) is 55.5 Å². The van der Waals surface area contributed by atoms with Crippen LogP contribution in [-0.4, -0.2) is 5.97 Å². The molecule has 3 heteroatoms. The Morgan fingerprint density at radius 2 is 1.68 bits per heavy atom. The predicted molar refractivity (Wildman–Crippen MR) is 88.0 cm³/mol. The fraction of sp³-hybridized carbons (Fsp3) is 0.211. The number of hydrogen-bond acceptors (Lipinski definition) is 3. The van der Waals surface area contributed by atoms with Crippen molar-refractivity contribution in [1.82, 2.24) is 5.32 Å². The van der Waals surface area contributed by atoms with E-state index in [0.717, 1.165) is 11.3 Å². The lowest BCUT2D eigenvalue weighted by atomic mass is 10.1. The Morgan fingerprint density at radius 3 is 2.32 bits per heavy atom. The molecule has 0 amide bonds. The number of carbonyl (C=O) groups excluding carboxylic acids is 1. The number of ether oxygens (including phenoxy) is 1. The molecule has 0 unspecified atom stereocenters. The molecule has 3 nitrogen and oxygen atoms in total. The van der Waals surface area contributed by atoms with E-state index in [2.05, 4.69) is 24.4 Å². The van der Waals surface area contributed by atoms with E-state index < -0.39 is 0 Å². The minimum atomic E-state index is -0.339. The van der Waals surface area contributed by atoms with Gasteiger partial charge in [0.1, 0.15) is 6.61 Å². The molecule has 1 N–H and O–H groups in total. The Kier molecular flexibility index (Phi) is 5.78. The third-order valence-electron chi connectivity index (χ3n) is 3.30. The quantitative estimate of drug-likeness (QED) is 0.647. The Balaban J connectivity index is 1.84. The van der Waals surface area contributed by atoms with E-state index in [9.17, 15) is 4.79 Å². The van der Waals surface area contributed by atoms with Crippen LogP contribution in [0.25, 0.3) is 0 Å². The fourth-order valence-electron chi connectivity index (χ4n) is 2.16. The van der Waals surface area contributed by atoms with Gasteiger partial charge in [-0.05, 0) is 25.0 Å². The van der Waals surface area contributed by atoms with Gasteiger partial charge in [0.25, 0.3) is 0 Å². The van der Waals surface area contributed by atoms with Crippen molar-refractivity contribution in [1.29, 1.82) is 0 Å². The van der Waals surface area contributed by atoms with Gasteiger partial charge in [0.15, 0.2) is 0 Å². The van der Waals surface area contributed by atoms with E-state index in [1.165, 1.54) is 11.6 Å². The lowest BCUT2D eigenvalue weighted by molar-refractivity contribution is -0.139.